The highest BCUT2D eigenvalue weighted by Crippen LogP contribution is 2.29. The fourth-order valence-electron chi connectivity index (χ4n) is 3.66. The normalized spacial score (nSPS) is 18.0. The SMILES string of the molecule is Brc1ccc(-n2nc(CCN3CCCCC3)c3c2NCC3)cc1. The van der Waals surface area contributed by atoms with Gasteiger partial charge in [0.15, 0.2) is 0 Å². The number of nitrogens with zero attached hydrogens (tertiary/aromatic N) is 3. The van der Waals surface area contributed by atoms with E-state index in [9.17, 15) is 0 Å². The number of halogens is 1. The summed E-state index contributed by atoms with van der Waals surface area (Å²) >= 11 is 3.50. The van der Waals surface area contributed by atoms with E-state index in [0.717, 1.165) is 36.1 Å². The van der Waals surface area contributed by atoms with Crippen LogP contribution in [0.4, 0.5) is 5.82 Å². The highest BCUT2D eigenvalue weighted by atomic mass is 79.9. The van der Waals surface area contributed by atoms with Crippen LogP contribution in [0.2, 0.25) is 0 Å². The van der Waals surface area contributed by atoms with E-state index in [1.807, 2.05) is 0 Å². The number of piperidine rings is 1. The number of benzene rings is 1. The fraction of sp³-hybridized carbons (Fsp3) is 0.500. The summed E-state index contributed by atoms with van der Waals surface area (Å²) in [6.45, 7) is 4.69. The molecule has 0 saturated carbocycles. The van der Waals surface area contributed by atoms with Gasteiger partial charge in [-0.1, -0.05) is 22.4 Å². The van der Waals surface area contributed by atoms with Crippen molar-refractivity contribution in [1.82, 2.24) is 14.7 Å². The summed E-state index contributed by atoms with van der Waals surface area (Å²) in [4.78, 5) is 2.59. The Bertz CT molecular complexity index is 671. The maximum absolute atomic E-state index is 4.93. The van der Waals surface area contributed by atoms with E-state index in [4.69, 9.17) is 5.10 Å². The first-order chi connectivity index (χ1) is 11.3. The van der Waals surface area contributed by atoms with Crippen LogP contribution in [0.1, 0.15) is 30.5 Å². The average molecular weight is 375 g/mol. The van der Waals surface area contributed by atoms with Crippen LogP contribution >= 0.6 is 15.9 Å². The minimum Gasteiger partial charge on any atom is -0.369 e. The molecule has 2 aliphatic rings. The zero-order valence-corrected chi connectivity index (χ0v) is 15.0. The Kier molecular flexibility index (Phi) is 4.40. The highest BCUT2D eigenvalue weighted by Gasteiger charge is 2.23. The molecule has 0 bridgehead atoms. The molecule has 0 spiro atoms. The van der Waals surface area contributed by atoms with Gasteiger partial charge < -0.3 is 10.2 Å². The van der Waals surface area contributed by atoms with Crippen LogP contribution in [0.25, 0.3) is 5.69 Å². The van der Waals surface area contributed by atoms with Crippen LogP contribution in [0, 0.1) is 0 Å². The lowest BCUT2D eigenvalue weighted by Crippen LogP contribution is -2.31. The third-order valence-corrected chi connectivity index (χ3v) is 5.45. The Hall–Kier alpha value is -1.33. The fourth-order valence-corrected chi connectivity index (χ4v) is 3.93. The van der Waals surface area contributed by atoms with Gasteiger partial charge in [0.05, 0.1) is 11.4 Å². The first-order valence-electron chi connectivity index (χ1n) is 8.64. The third-order valence-electron chi connectivity index (χ3n) is 4.92. The number of fused-ring (bicyclic) bond motifs is 1. The molecular formula is C18H23BrN4. The van der Waals surface area contributed by atoms with Gasteiger partial charge >= 0.3 is 0 Å². The summed E-state index contributed by atoms with van der Waals surface area (Å²) in [6, 6.07) is 8.38. The number of anilines is 1. The highest BCUT2D eigenvalue weighted by molar-refractivity contribution is 9.10. The zero-order chi connectivity index (χ0) is 15.6. The van der Waals surface area contributed by atoms with E-state index in [-0.39, 0.29) is 0 Å². The van der Waals surface area contributed by atoms with E-state index in [0.29, 0.717) is 0 Å². The summed E-state index contributed by atoms with van der Waals surface area (Å²) in [7, 11) is 0. The number of hydrogen-bond acceptors (Lipinski definition) is 3. The van der Waals surface area contributed by atoms with Gasteiger partial charge in [-0.2, -0.15) is 5.10 Å². The number of likely N-dealkylation sites (tertiary alicyclic amines) is 1. The Morgan fingerprint density at radius 1 is 1.09 bits per heavy atom. The molecule has 23 heavy (non-hydrogen) atoms. The summed E-state index contributed by atoms with van der Waals surface area (Å²) in [6.07, 6.45) is 6.27. The van der Waals surface area contributed by atoms with Crippen molar-refractivity contribution in [3.05, 3.63) is 40.0 Å². The minimum atomic E-state index is 1.03. The Labute approximate surface area is 146 Å². The standard InChI is InChI=1S/C18H23BrN4/c19-14-4-6-15(7-5-14)23-18-16(8-10-20-18)17(21-23)9-13-22-11-2-1-3-12-22/h4-7,20H,1-3,8-13H2. The molecule has 1 aromatic carbocycles. The summed E-state index contributed by atoms with van der Waals surface area (Å²) < 4.78 is 3.18. The molecule has 2 aromatic rings. The first-order valence-corrected chi connectivity index (χ1v) is 9.43. The van der Waals surface area contributed by atoms with Crippen LogP contribution < -0.4 is 5.32 Å². The molecule has 0 aliphatic carbocycles. The molecule has 1 saturated heterocycles. The molecule has 122 valence electrons. The van der Waals surface area contributed by atoms with E-state index < -0.39 is 0 Å². The quantitative estimate of drug-likeness (QED) is 0.886. The van der Waals surface area contributed by atoms with E-state index in [2.05, 4.69) is 55.1 Å². The molecule has 0 unspecified atom stereocenters. The zero-order valence-electron chi connectivity index (χ0n) is 13.4. The van der Waals surface area contributed by atoms with Crippen molar-refractivity contribution < 1.29 is 0 Å². The number of hydrogen-bond donors (Lipinski definition) is 1. The third kappa shape index (κ3) is 3.17. The van der Waals surface area contributed by atoms with Crippen LogP contribution in [0.3, 0.4) is 0 Å². The number of aromatic nitrogens is 2. The van der Waals surface area contributed by atoms with Crippen molar-refractivity contribution in [3.8, 4) is 5.69 Å². The molecule has 3 heterocycles. The van der Waals surface area contributed by atoms with Crippen molar-refractivity contribution in [3.63, 3.8) is 0 Å². The molecule has 0 amide bonds. The lowest BCUT2D eigenvalue weighted by atomic mass is 10.1. The lowest BCUT2D eigenvalue weighted by molar-refractivity contribution is 0.230. The second-order valence-corrected chi connectivity index (χ2v) is 7.41. The van der Waals surface area contributed by atoms with Crippen LogP contribution in [-0.4, -0.2) is 40.9 Å². The predicted octanol–water partition coefficient (Wildman–Crippen LogP) is 3.63. The minimum absolute atomic E-state index is 1.03. The molecule has 0 radical (unpaired) electrons. The molecular weight excluding hydrogens is 352 g/mol. The Balaban J connectivity index is 1.56. The van der Waals surface area contributed by atoms with Gasteiger partial charge in [0.2, 0.25) is 0 Å². The monoisotopic (exact) mass is 374 g/mol. The molecule has 1 N–H and O–H groups in total. The van der Waals surface area contributed by atoms with Gasteiger partial charge in [0.1, 0.15) is 5.82 Å². The summed E-state index contributed by atoms with van der Waals surface area (Å²) in [5, 5.41) is 8.44. The van der Waals surface area contributed by atoms with Gasteiger partial charge in [-0.3, -0.25) is 0 Å². The maximum Gasteiger partial charge on any atom is 0.133 e. The van der Waals surface area contributed by atoms with Gasteiger partial charge in [-0.25, -0.2) is 4.68 Å². The van der Waals surface area contributed by atoms with Crippen molar-refractivity contribution in [2.45, 2.75) is 32.1 Å². The number of nitrogens with one attached hydrogen (secondary N) is 1. The number of rotatable bonds is 4. The second-order valence-electron chi connectivity index (χ2n) is 6.49. The van der Waals surface area contributed by atoms with Gasteiger partial charge in [-0.05, 0) is 56.6 Å². The van der Waals surface area contributed by atoms with Gasteiger partial charge in [0, 0.05) is 29.5 Å². The molecule has 5 heteroatoms. The molecule has 4 nitrogen and oxygen atoms in total. The molecule has 4 rings (SSSR count). The smallest absolute Gasteiger partial charge is 0.133 e. The van der Waals surface area contributed by atoms with Crippen molar-refractivity contribution in [1.29, 1.82) is 0 Å². The predicted molar refractivity (Wildman–Crippen MR) is 97.5 cm³/mol. The first kappa shape index (κ1) is 15.2. The Morgan fingerprint density at radius 2 is 1.87 bits per heavy atom. The molecule has 0 atom stereocenters. The largest absolute Gasteiger partial charge is 0.369 e. The van der Waals surface area contributed by atoms with E-state index >= 15 is 0 Å². The van der Waals surface area contributed by atoms with Crippen molar-refractivity contribution in [2.75, 3.05) is 31.5 Å². The molecule has 1 aromatic heterocycles. The van der Waals surface area contributed by atoms with Gasteiger partial charge in [-0.15, -0.1) is 0 Å². The van der Waals surface area contributed by atoms with Crippen molar-refractivity contribution >= 4 is 21.7 Å². The summed E-state index contributed by atoms with van der Waals surface area (Å²) in [5.74, 6) is 1.20. The Morgan fingerprint density at radius 3 is 2.65 bits per heavy atom. The molecule has 2 aliphatic heterocycles. The topological polar surface area (TPSA) is 33.1 Å². The van der Waals surface area contributed by atoms with Crippen LogP contribution in [0.5, 0.6) is 0 Å². The van der Waals surface area contributed by atoms with E-state index in [1.54, 1.807) is 0 Å². The average Bonchev–Trinajstić information content (AvgIpc) is 3.18. The van der Waals surface area contributed by atoms with E-state index in [1.165, 1.54) is 49.4 Å². The maximum atomic E-state index is 4.93. The van der Waals surface area contributed by atoms with Crippen LogP contribution in [-0.2, 0) is 12.8 Å². The molecule has 1 fully saturated rings. The van der Waals surface area contributed by atoms with Crippen LogP contribution in [0.15, 0.2) is 28.7 Å². The summed E-state index contributed by atoms with van der Waals surface area (Å²) in [5.41, 5.74) is 3.83. The second kappa shape index (κ2) is 6.65. The lowest BCUT2D eigenvalue weighted by Gasteiger charge is -2.26. The van der Waals surface area contributed by atoms with Gasteiger partial charge in [0.25, 0.3) is 0 Å². The van der Waals surface area contributed by atoms with Crippen molar-refractivity contribution in [2.24, 2.45) is 0 Å².